The first kappa shape index (κ1) is 20.8. The molecule has 2 aromatic rings. The van der Waals surface area contributed by atoms with Crippen molar-refractivity contribution in [1.82, 2.24) is 15.8 Å². The monoisotopic (exact) mass is 415 g/mol. The van der Waals surface area contributed by atoms with Crippen LogP contribution in [0, 0.1) is 0 Å². The molecule has 1 fully saturated rings. The Kier molecular flexibility index (Phi) is 6.82. The number of hydrogen-bond donors (Lipinski definition) is 2. The second-order valence-electron chi connectivity index (χ2n) is 6.67. The highest BCUT2D eigenvalue weighted by Crippen LogP contribution is 2.25. The second-order valence-corrected chi connectivity index (χ2v) is 7.51. The first-order valence-electron chi connectivity index (χ1n) is 9.70. The molecule has 0 aliphatic carbocycles. The molecule has 3 rings (SSSR count). The van der Waals surface area contributed by atoms with Gasteiger partial charge < -0.3 is 4.90 Å². The molecule has 1 aliphatic heterocycles. The van der Waals surface area contributed by atoms with Crippen molar-refractivity contribution in [2.45, 2.75) is 33.1 Å². The predicted molar refractivity (Wildman–Crippen MR) is 113 cm³/mol. The van der Waals surface area contributed by atoms with Gasteiger partial charge in [0.1, 0.15) is 0 Å². The van der Waals surface area contributed by atoms with Crippen molar-refractivity contribution in [3.05, 3.63) is 40.9 Å². The molecule has 0 radical (unpaired) electrons. The summed E-state index contributed by atoms with van der Waals surface area (Å²) >= 11 is 1.34. The molecule has 9 heteroatoms. The zero-order valence-electron chi connectivity index (χ0n) is 16.6. The van der Waals surface area contributed by atoms with Gasteiger partial charge in [0.05, 0.1) is 12.1 Å². The molecule has 3 amide bonds. The molecule has 154 valence electrons. The van der Waals surface area contributed by atoms with Gasteiger partial charge in [0.2, 0.25) is 11.8 Å². The number of amides is 3. The normalized spacial score (nSPS) is 13.4. The van der Waals surface area contributed by atoms with E-state index in [9.17, 15) is 14.4 Å². The number of hydrazine groups is 1. The van der Waals surface area contributed by atoms with Crippen LogP contribution in [0.25, 0.3) is 0 Å². The fraction of sp³-hybridized carbons (Fsp3) is 0.400. The Bertz CT molecular complexity index is 876. The van der Waals surface area contributed by atoms with Crippen molar-refractivity contribution in [2.75, 3.05) is 29.4 Å². The average Bonchev–Trinajstić information content (AvgIpc) is 3.36. The third-order valence-corrected chi connectivity index (χ3v) is 5.67. The van der Waals surface area contributed by atoms with Crippen LogP contribution in [0.2, 0.25) is 0 Å². The molecule has 1 saturated heterocycles. The number of nitrogens with one attached hydrogen (secondary N) is 2. The number of benzene rings is 1. The standard InChI is InChI=1S/C20H25N5O3S/c1-3-24(4-2)16-9-7-14(8-10-16)19(28)23-22-17(26)12-15-13-29-20(21-15)25-11-5-6-18(25)27/h7-10,13H,3-6,11-12H2,1-2H3,(H,22,26)(H,23,28). The van der Waals surface area contributed by atoms with Crippen LogP contribution >= 0.6 is 11.3 Å². The van der Waals surface area contributed by atoms with E-state index in [1.807, 2.05) is 12.1 Å². The summed E-state index contributed by atoms with van der Waals surface area (Å²) < 4.78 is 0. The highest BCUT2D eigenvalue weighted by Gasteiger charge is 2.24. The lowest BCUT2D eigenvalue weighted by molar-refractivity contribution is -0.121. The van der Waals surface area contributed by atoms with E-state index >= 15 is 0 Å². The van der Waals surface area contributed by atoms with Crippen LogP contribution in [0.3, 0.4) is 0 Å². The molecular formula is C20H25N5O3S. The maximum atomic E-state index is 12.2. The number of anilines is 2. The molecule has 0 spiro atoms. The van der Waals surface area contributed by atoms with Gasteiger partial charge in [0.15, 0.2) is 5.13 Å². The predicted octanol–water partition coefficient (Wildman–Crippen LogP) is 2.12. The summed E-state index contributed by atoms with van der Waals surface area (Å²) in [4.78, 5) is 44.3. The minimum absolute atomic E-state index is 0.0275. The Balaban J connectivity index is 1.49. The van der Waals surface area contributed by atoms with Crippen molar-refractivity contribution in [1.29, 1.82) is 0 Å². The van der Waals surface area contributed by atoms with E-state index in [1.165, 1.54) is 11.3 Å². The quantitative estimate of drug-likeness (QED) is 0.676. The number of aromatic nitrogens is 1. The smallest absolute Gasteiger partial charge is 0.269 e. The third kappa shape index (κ3) is 5.11. The van der Waals surface area contributed by atoms with Gasteiger partial charge in [-0.3, -0.25) is 30.1 Å². The van der Waals surface area contributed by atoms with Gasteiger partial charge in [-0.05, 0) is 44.5 Å². The summed E-state index contributed by atoms with van der Waals surface area (Å²) in [7, 11) is 0. The van der Waals surface area contributed by atoms with Crippen LogP contribution < -0.4 is 20.7 Å². The van der Waals surface area contributed by atoms with Crippen molar-refractivity contribution in [3.63, 3.8) is 0 Å². The highest BCUT2D eigenvalue weighted by molar-refractivity contribution is 7.14. The van der Waals surface area contributed by atoms with Crippen LogP contribution in [-0.4, -0.2) is 42.3 Å². The topological polar surface area (TPSA) is 94.6 Å². The summed E-state index contributed by atoms with van der Waals surface area (Å²) in [5.41, 5.74) is 6.92. The van der Waals surface area contributed by atoms with E-state index in [0.717, 1.165) is 25.2 Å². The van der Waals surface area contributed by atoms with Crippen LogP contribution in [0.4, 0.5) is 10.8 Å². The maximum absolute atomic E-state index is 12.2. The van der Waals surface area contributed by atoms with Crippen molar-refractivity contribution < 1.29 is 14.4 Å². The summed E-state index contributed by atoms with van der Waals surface area (Å²) in [5, 5.41) is 2.38. The third-order valence-electron chi connectivity index (χ3n) is 4.76. The fourth-order valence-electron chi connectivity index (χ4n) is 3.17. The Morgan fingerprint density at radius 2 is 1.90 bits per heavy atom. The van der Waals surface area contributed by atoms with Gasteiger partial charge in [-0.25, -0.2) is 4.98 Å². The minimum atomic E-state index is -0.383. The van der Waals surface area contributed by atoms with E-state index in [1.54, 1.807) is 22.4 Å². The minimum Gasteiger partial charge on any atom is -0.372 e. The summed E-state index contributed by atoms with van der Waals surface area (Å²) in [5.74, 6) is -0.691. The Labute approximate surface area is 173 Å². The molecule has 29 heavy (non-hydrogen) atoms. The summed E-state index contributed by atoms with van der Waals surface area (Å²) in [6.07, 6.45) is 1.40. The van der Waals surface area contributed by atoms with E-state index in [2.05, 4.69) is 34.6 Å². The first-order valence-corrected chi connectivity index (χ1v) is 10.6. The molecule has 1 aromatic heterocycles. The van der Waals surface area contributed by atoms with E-state index in [-0.39, 0.29) is 24.1 Å². The molecule has 0 saturated carbocycles. The summed E-state index contributed by atoms with van der Waals surface area (Å²) in [6, 6.07) is 7.24. The molecular weight excluding hydrogens is 390 g/mol. The number of hydrogen-bond acceptors (Lipinski definition) is 6. The van der Waals surface area contributed by atoms with Crippen molar-refractivity contribution in [2.24, 2.45) is 0 Å². The zero-order valence-corrected chi connectivity index (χ0v) is 17.4. The molecule has 2 heterocycles. The van der Waals surface area contributed by atoms with Crippen LogP contribution in [0.1, 0.15) is 42.7 Å². The fourth-order valence-corrected chi connectivity index (χ4v) is 4.04. The SMILES string of the molecule is CCN(CC)c1ccc(C(=O)NNC(=O)Cc2csc(N3CCCC3=O)n2)cc1. The van der Waals surface area contributed by atoms with Gasteiger partial charge in [-0.15, -0.1) is 11.3 Å². The number of thiazole rings is 1. The number of carbonyl (C=O) groups is 3. The molecule has 1 aliphatic rings. The molecule has 0 atom stereocenters. The molecule has 8 nitrogen and oxygen atoms in total. The Hall–Kier alpha value is -2.94. The van der Waals surface area contributed by atoms with Crippen LogP contribution in [0.15, 0.2) is 29.6 Å². The molecule has 0 bridgehead atoms. The maximum Gasteiger partial charge on any atom is 0.269 e. The Morgan fingerprint density at radius 3 is 2.52 bits per heavy atom. The Morgan fingerprint density at radius 1 is 1.17 bits per heavy atom. The van der Waals surface area contributed by atoms with Gasteiger partial charge in [0.25, 0.3) is 5.91 Å². The molecule has 1 aromatic carbocycles. The average molecular weight is 416 g/mol. The summed E-state index contributed by atoms with van der Waals surface area (Å²) in [6.45, 7) is 6.60. The lowest BCUT2D eigenvalue weighted by atomic mass is 10.2. The van der Waals surface area contributed by atoms with Gasteiger partial charge in [-0.1, -0.05) is 0 Å². The van der Waals surface area contributed by atoms with E-state index in [4.69, 9.17) is 0 Å². The van der Waals surface area contributed by atoms with E-state index < -0.39 is 0 Å². The highest BCUT2D eigenvalue weighted by atomic mass is 32.1. The van der Waals surface area contributed by atoms with Gasteiger partial charge in [0, 0.05) is 42.7 Å². The molecule has 0 unspecified atom stereocenters. The number of carbonyl (C=O) groups excluding carboxylic acids is 3. The lowest BCUT2D eigenvalue weighted by Gasteiger charge is -2.21. The largest absolute Gasteiger partial charge is 0.372 e. The van der Waals surface area contributed by atoms with Crippen LogP contribution in [-0.2, 0) is 16.0 Å². The molecule has 2 N–H and O–H groups in total. The van der Waals surface area contributed by atoms with Gasteiger partial charge >= 0.3 is 0 Å². The van der Waals surface area contributed by atoms with Crippen molar-refractivity contribution in [3.8, 4) is 0 Å². The zero-order chi connectivity index (χ0) is 20.8. The van der Waals surface area contributed by atoms with Crippen molar-refractivity contribution >= 4 is 39.9 Å². The lowest BCUT2D eigenvalue weighted by Crippen LogP contribution is -2.42. The second kappa shape index (κ2) is 9.51. The van der Waals surface area contributed by atoms with Gasteiger partial charge in [-0.2, -0.15) is 0 Å². The van der Waals surface area contributed by atoms with E-state index in [0.29, 0.717) is 29.4 Å². The van der Waals surface area contributed by atoms with Crippen LogP contribution in [0.5, 0.6) is 0 Å². The number of rotatable bonds is 7. The number of nitrogens with zero attached hydrogens (tertiary/aromatic N) is 3. The first-order chi connectivity index (χ1) is 14.0.